The Morgan fingerprint density at radius 1 is 1.73 bits per heavy atom. The van der Waals surface area contributed by atoms with Crippen molar-refractivity contribution in [3.05, 3.63) is 21.7 Å². The molecule has 1 saturated heterocycles. The molecular formula is C9H12ClN3O2. The van der Waals surface area contributed by atoms with Gasteiger partial charge in [-0.25, -0.2) is 4.98 Å². The third kappa shape index (κ3) is 2.49. The molecule has 0 saturated carbocycles. The summed E-state index contributed by atoms with van der Waals surface area (Å²) in [6.07, 6.45) is 2.37. The van der Waals surface area contributed by atoms with Crippen molar-refractivity contribution in [1.82, 2.24) is 9.97 Å². The van der Waals surface area contributed by atoms with Crippen LogP contribution in [-0.2, 0) is 4.74 Å². The van der Waals surface area contributed by atoms with E-state index in [2.05, 4.69) is 15.3 Å². The van der Waals surface area contributed by atoms with Crippen LogP contribution in [0.1, 0.15) is 6.42 Å². The van der Waals surface area contributed by atoms with Gasteiger partial charge in [-0.15, -0.1) is 0 Å². The molecule has 0 amide bonds. The molecule has 2 heterocycles. The number of aromatic nitrogens is 2. The first-order valence-electron chi connectivity index (χ1n) is 4.82. The first kappa shape index (κ1) is 10.4. The molecular weight excluding hydrogens is 218 g/mol. The van der Waals surface area contributed by atoms with Gasteiger partial charge in [0.25, 0.3) is 5.56 Å². The molecule has 6 heteroatoms. The van der Waals surface area contributed by atoms with Gasteiger partial charge in [0.1, 0.15) is 5.02 Å². The molecule has 1 atom stereocenters. The fraction of sp³-hybridized carbons (Fsp3) is 0.556. The van der Waals surface area contributed by atoms with Crippen molar-refractivity contribution in [2.24, 2.45) is 5.92 Å². The van der Waals surface area contributed by atoms with E-state index in [1.807, 2.05) is 0 Å². The molecule has 1 aliphatic heterocycles. The average molecular weight is 230 g/mol. The van der Waals surface area contributed by atoms with Crippen LogP contribution in [-0.4, -0.2) is 29.7 Å². The molecule has 1 unspecified atom stereocenters. The number of halogens is 1. The lowest BCUT2D eigenvalue weighted by atomic mass is 10.1. The van der Waals surface area contributed by atoms with E-state index in [4.69, 9.17) is 16.3 Å². The minimum Gasteiger partial charge on any atom is -0.381 e. The zero-order valence-corrected chi connectivity index (χ0v) is 8.88. The van der Waals surface area contributed by atoms with Gasteiger partial charge in [0, 0.05) is 19.1 Å². The lowest BCUT2D eigenvalue weighted by Gasteiger charge is -2.10. The number of H-pyrrole nitrogens is 1. The van der Waals surface area contributed by atoms with E-state index in [0.29, 0.717) is 11.7 Å². The Morgan fingerprint density at radius 2 is 2.60 bits per heavy atom. The van der Waals surface area contributed by atoms with Crippen LogP contribution < -0.4 is 10.9 Å². The average Bonchev–Trinajstić information content (AvgIpc) is 2.73. The van der Waals surface area contributed by atoms with Crippen LogP contribution >= 0.6 is 11.6 Å². The Balaban J connectivity index is 1.98. The SMILES string of the molecule is O=c1[nH]cnc(NCC2CCOC2)c1Cl. The predicted molar refractivity (Wildman–Crippen MR) is 57.3 cm³/mol. The van der Waals surface area contributed by atoms with Crippen molar-refractivity contribution in [2.45, 2.75) is 6.42 Å². The Bertz CT molecular complexity index is 387. The fourth-order valence-electron chi connectivity index (χ4n) is 1.49. The van der Waals surface area contributed by atoms with Gasteiger partial charge in [-0.05, 0) is 6.42 Å². The molecule has 2 rings (SSSR count). The number of hydrogen-bond donors (Lipinski definition) is 2. The Kier molecular flexibility index (Phi) is 3.23. The lowest BCUT2D eigenvalue weighted by Crippen LogP contribution is -2.17. The molecule has 0 spiro atoms. The van der Waals surface area contributed by atoms with Crippen LogP contribution in [0.2, 0.25) is 5.02 Å². The van der Waals surface area contributed by atoms with Crippen LogP contribution in [0.5, 0.6) is 0 Å². The number of rotatable bonds is 3. The number of nitrogens with zero attached hydrogens (tertiary/aromatic N) is 1. The van der Waals surface area contributed by atoms with E-state index in [1.54, 1.807) is 0 Å². The number of ether oxygens (including phenoxy) is 1. The molecule has 5 nitrogen and oxygen atoms in total. The fourth-order valence-corrected chi connectivity index (χ4v) is 1.66. The first-order valence-corrected chi connectivity index (χ1v) is 5.20. The molecule has 82 valence electrons. The summed E-state index contributed by atoms with van der Waals surface area (Å²) in [5, 5.41) is 3.16. The molecule has 1 aromatic rings. The normalized spacial score (nSPS) is 20.5. The number of hydrogen-bond acceptors (Lipinski definition) is 4. The Hall–Kier alpha value is -1.07. The highest BCUT2D eigenvalue weighted by atomic mass is 35.5. The Morgan fingerprint density at radius 3 is 3.33 bits per heavy atom. The third-order valence-corrected chi connectivity index (χ3v) is 2.73. The van der Waals surface area contributed by atoms with Crippen molar-refractivity contribution < 1.29 is 4.74 Å². The summed E-state index contributed by atoms with van der Waals surface area (Å²) in [5.41, 5.74) is -0.322. The molecule has 0 aromatic carbocycles. The number of nitrogens with one attached hydrogen (secondary N) is 2. The number of anilines is 1. The predicted octanol–water partition coefficient (Wildman–Crippen LogP) is 0.872. The molecule has 2 N–H and O–H groups in total. The first-order chi connectivity index (χ1) is 7.27. The summed E-state index contributed by atoms with van der Waals surface area (Å²) in [4.78, 5) is 17.5. The Labute approximate surface area is 91.8 Å². The second-order valence-electron chi connectivity index (χ2n) is 3.50. The minimum atomic E-state index is -0.322. The minimum absolute atomic E-state index is 0.108. The van der Waals surface area contributed by atoms with Gasteiger partial charge in [-0.3, -0.25) is 4.79 Å². The molecule has 0 aliphatic carbocycles. The number of aromatic amines is 1. The van der Waals surface area contributed by atoms with Gasteiger partial charge in [0.15, 0.2) is 5.82 Å². The van der Waals surface area contributed by atoms with E-state index in [0.717, 1.165) is 26.2 Å². The highest BCUT2D eigenvalue weighted by Gasteiger charge is 2.16. The summed E-state index contributed by atoms with van der Waals surface area (Å²) in [6, 6.07) is 0. The highest BCUT2D eigenvalue weighted by molar-refractivity contribution is 6.32. The van der Waals surface area contributed by atoms with Crippen molar-refractivity contribution in [3.63, 3.8) is 0 Å². The topological polar surface area (TPSA) is 67.0 Å². The smallest absolute Gasteiger partial charge is 0.271 e. The van der Waals surface area contributed by atoms with Gasteiger partial charge in [0.05, 0.1) is 12.9 Å². The maximum absolute atomic E-state index is 11.1. The van der Waals surface area contributed by atoms with Crippen LogP contribution in [0.25, 0.3) is 0 Å². The highest BCUT2D eigenvalue weighted by Crippen LogP contribution is 2.16. The van der Waals surface area contributed by atoms with Crippen molar-refractivity contribution in [2.75, 3.05) is 25.1 Å². The second kappa shape index (κ2) is 4.63. The molecule has 0 radical (unpaired) electrons. The van der Waals surface area contributed by atoms with Gasteiger partial charge in [0.2, 0.25) is 0 Å². The maximum atomic E-state index is 11.1. The van der Waals surface area contributed by atoms with Crippen molar-refractivity contribution >= 4 is 17.4 Å². The molecule has 1 aliphatic rings. The molecule has 15 heavy (non-hydrogen) atoms. The summed E-state index contributed by atoms with van der Waals surface area (Å²) in [5.74, 6) is 0.912. The van der Waals surface area contributed by atoms with Gasteiger partial charge in [-0.2, -0.15) is 0 Å². The van der Waals surface area contributed by atoms with Gasteiger partial charge < -0.3 is 15.0 Å². The van der Waals surface area contributed by atoms with E-state index in [-0.39, 0.29) is 10.6 Å². The molecule has 0 bridgehead atoms. The summed E-state index contributed by atoms with van der Waals surface area (Å²) < 4.78 is 5.24. The lowest BCUT2D eigenvalue weighted by molar-refractivity contribution is 0.187. The van der Waals surface area contributed by atoms with Crippen molar-refractivity contribution in [3.8, 4) is 0 Å². The van der Waals surface area contributed by atoms with Crippen molar-refractivity contribution in [1.29, 1.82) is 0 Å². The second-order valence-corrected chi connectivity index (χ2v) is 3.88. The monoisotopic (exact) mass is 229 g/mol. The van der Waals surface area contributed by atoms with Crippen LogP contribution in [0, 0.1) is 5.92 Å². The van der Waals surface area contributed by atoms with E-state index >= 15 is 0 Å². The zero-order chi connectivity index (χ0) is 10.7. The molecule has 1 fully saturated rings. The zero-order valence-electron chi connectivity index (χ0n) is 8.12. The quantitative estimate of drug-likeness (QED) is 0.807. The van der Waals surface area contributed by atoms with E-state index in [1.165, 1.54) is 6.33 Å². The van der Waals surface area contributed by atoms with Crippen LogP contribution in [0.4, 0.5) is 5.82 Å². The van der Waals surface area contributed by atoms with Gasteiger partial charge >= 0.3 is 0 Å². The van der Waals surface area contributed by atoms with Gasteiger partial charge in [-0.1, -0.05) is 11.6 Å². The standard InChI is InChI=1S/C9H12ClN3O2/c10-7-8(12-5-13-9(7)14)11-3-6-1-2-15-4-6/h5-6H,1-4H2,(H2,11,12,13,14). The summed E-state index contributed by atoms with van der Waals surface area (Å²) >= 11 is 5.78. The van der Waals surface area contributed by atoms with E-state index < -0.39 is 0 Å². The maximum Gasteiger partial charge on any atom is 0.271 e. The summed E-state index contributed by atoms with van der Waals surface area (Å²) in [7, 11) is 0. The van der Waals surface area contributed by atoms with Crippen LogP contribution in [0.3, 0.4) is 0 Å². The largest absolute Gasteiger partial charge is 0.381 e. The summed E-state index contributed by atoms with van der Waals surface area (Å²) in [6.45, 7) is 2.30. The van der Waals surface area contributed by atoms with Crippen LogP contribution in [0.15, 0.2) is 11.1 Å². The third-order valence-electron chi connectivity index (χ3n) is 2.38. The molecule has 1 aromatic heterocycles. The van der Waals surface area contributed by atoms with E-state index in [9.17, 15) is 4.79 Å².